The average molecular weight is 383 g/mol. The summed E-state index contributed by atoms with van der Waals surface area (Å²) in [6.07, 6.45) is 6.65. The molecule has 0 spiro atoms. The lowest BCUT2D eigenvalue weighted by atomic mass is 10.1. The second-order valence-electron chi connectivity index (χ2n) is 8.55. The quantitative estimate of drug-likeness (QED) is 0.751. The van der Waals surface area contributed by atoms with Gasteiger partial charge in [-0.25, -0.2) is 9.00 Å². The molecule has 1 aromatic heterocycles. The Bertz CT molecular complexity index is 677. The third-order valence-corrected chi connectivity index (χ3v) is 5.28. The predicted octanol–water partition coefficient (Wildman–Crippen LogP) is 3.34. The summed E-state index contributed by atoms with van der Waals surface area (Å²) in [5.41, 5.74) is 0.356. The molecule has 146 valence electrons. The van der Waals surface area contributed by atoms with Crippen molar-refractivity contribution in [3.8, 4) is 0 Å². The van der Waals surface area contributed by atoms with E-state index >= 15 is 0 Å². The summed E-state index contributed by atoms with van der Waals surface area (Å²) in [6.45, 7) is 12.6. The van der Waals surface area contributed by atoms with Crippen molar-refractivity contribution in [1.29, 1.82) is 0 Å². The number of ether oxygens (including phenoxy) is 1. The fourth-order valence-corrected chi connectivity index (χ4v) is 3.06. The van der Waals surface area contributed by atoms with Crippen LogP contribution in [0.1, 0.15) is 66.0 Å². The molecular formula is C18H30N4O3S. The monoisotopic (exact) mass is 382 g/mol. The van der Waals surface area contributed by atoms with Gasteiger partial charge < -0.3 is 9.64 Å². The molecule has 2 rings (SSSR count). The summed E-state index contributed by atoms with van der Waals surface area (Å²) < 4.78 is 23.1. The molecule has 1 unspecified atom stereocenters. The van der Waals surface area contributed by atoms with Crippen molar-refractivity contribution in [3.63, 3.8) is 0 Å². The molecule has 2 heterocycles. The maximum atomic E-state index is 12.1. The molecule has 0 aliphatic carbocycles. The van der Waals surface area contributed by atoms with Gasteiger partial charge in [0.2, 0.25) is 0 Å². The SMILES string of the molecule is CC(C)(C)OC(=O)N1CCC(n2cc(/C=N\S(=O)C(C)(C)C)cn2)CC1. The molecule has 8 heteroatoms. The molecule has 1 amide bonds. The highest BCUT2D eigenvalue weighted by molar-refractivity contribution is 7.85. The Hall–Kier alpha value is -1.70. The van der Waals surface area contributed by atoms with E-state index in [0.717, 1.165) is 18.4 Å². The van der Waals surface area contributed by atoms with Crippen LogP contribution in [0.15, 0.2) is 16.8 Å². The van der Waals surface area contributed by atoms with Crippen LogP contribution < -0.4 is 0 Å². The summed E-state index contributed by atoms with van der Waals surface area (Å²) in [6, 6.07) is 0.240. The fourth-order valence-electron chi connectivity index (χ4n) is 2.53. The first-order valence-electron chi connectivity index (χ1n) is 8.94. The van der Waals surface area contributed by atoms with Crippen LogP contribution in [0.5, 0.6) is 0 Å². The van der Waals surface area contributed by atoms with E-state index < -0.39 is 16.6 Å². The summed E-state index contributed by atoms with van der Waals surface area (Å²) in [5.74, 6) is 0. The van der Waals surface area contributed by atoms with Crippen molar-refractivity contribution in [1.82, 2.24) is 14.7 Å². The fraction of sp³-hybridized carbons (Fsp3) is 0.722. The third-order valence-electron chi connectivity index (χ3n) is 3.93. The number of aromatic nitrogens is 2. The minimum absolute atomic E-state index is 0.240. The highest BCUT2D eigenvalue weighted by atomic mass is 32.2. The highest BCUT2D eigenvalue weighted by Gasteiger charge is 2.27. The lowest BCUT2D eigenvalue weighted by molar-refractivity contribution is 0.0185. The molecule has 1 saturated heterocycles. The van der Waals surface area contributed by atoms with Crippen molar-refractivity contribution >= 4 is 23.3 Å². The van der Waals surface area contributed by atoms with Gasteiger partial charge in [-0.1, -0.05) is 0 Å². The van der Waals surface area contributed by atoms with E-state index in [9.17, 15) is 9.00 Å². The number of piperidine rings is 1. The van der Waals surface area contributed by atoms with E-state index in [0.29, 0.717) is 13.1 Å². The zero-order valence-electron chi connectivity index (χ0n) is 16.6. The zero-order valence-corrected chi connectivity index (χ0v) is 17.4. The second-order valence-corrected chi connectivity index (χ2v) is 10.5. The topological polar surface area (TPSA) is 76.8 Å². The van der Waals surface area contributed by atoms with E-state index in [4.69, 9.17) is 4.74 Å². The van der Waals surface area contributed by atoms with Gasteiger partial charge in [0.1, 0.15) is 16.6 Å². The summed E-state index contributed by atoms with van der Waals surface area (Å²) in [4.78, 5) is 13.9. The van der Waals surface area contributed by atoms with Gasteiger partial charge >= 0.3 is 6.09 Å². The summed E-state index contributed by atoms with van der Waals surface area (Å²) in [7, 11) is -1.28. The zero-order chi connectivity index (χ0) is 19.5. The number of nitrogens with zero attached hydrogens (tertiary/aromatic N) is 4. The standard InChI is InChI=1S/C18H30N4O3S/c1-17(2,3)25-16(23)21-9-7-15(8-10-21)22-13-14(11-19-22)12-20-26(24)18(4,5)6/h11-13,15H,7-10H2,1-6H3/b20-12-. The molecule has 0 aromatic carbocycles. The van der Waals surface area contributed by atoms with Gasteiger partial charge in [0.25, 0.3) is 0 Å². The minimum Gasteiger partial charge on any atom is -0.444 e. The maximum Gasteiger partial charge on any atom is 0.410 e. The predicted molar refractivity (Wildman–Crippen MR) is 104 cm³/mol. The Morgan fingerprint density at radius 3 is 2.42 bits per heavy atom. The van der Waals surface area contributed by atoms with Crippen molar-refractivity contribution < 1.29 is 13.7 Å². The molecule has 1 aromatic rings. The number of amides is 1. The molecule has 0 N–H and O–H groups in total. The number of hydrogen-bond acceptors (Lipinski definition) is 4. The summed E-state index contributed by atoms with van der Waals surface area (Å²) >= 11 is 0. The normalized spacial score (nSPS) is 18.3. The molecule has 1 aliphatic heterocycles. The Morgan fingerprint density at radius 1 is 1.27 bits per heavy atom. The van der Waals surface area contributed by atoms with Gasteiger partial charge in [-0.2, -0.15) is 9.50 Å². The Morgan fingerprint density at radius 2 is 1.88 bits per heavy atom. The van der Waals surface area contributed by atoms with Gasteiger partial charge in [-0.15, -0.1) is 0 Å². The van der Waals surface area contributed by atoms with Crippen molar-refractivity contribution in [3.05, 3.63) is 18.0 Å². The molecule has 7 nitrogen and oxygen atoms in total. The molecule has 0 radical (unpaired) electrons. The Kier molecular flexibility index (Phi) is 6.26. The second kappa shape index (κ2) is 7.90. The third kappa shape index (κ3) is 5.93. The largest absolute Gasteiger partial charge is 0.444 e. The van der Waals surface area contributed by atoms with Crippen LogP contribution in [0.4, 0.5) is 4.79 Å². The molecule has 0 bridgehead atoms. The van der Waals surface area contributed by atoms with E-state index in [1.807, 2.05) is 52.4 Å². The van der Waals surface area contributed by atoms with Crippen LogP contribution in [0.3, 0.4) is 0 Å². The number of carbonyl (C=O) groups excluding carboxylic acids is 1. The first kappa shape index (κ1) is 20.6. The Labute approximate surface area is 158 Å². The van der Waals surface area contributed by atoms with Crippen LogP contribution in [-0.2, 0) is 15.7 Å². The minimum atomic E-state index is -1.28. The van der Waals surface area contributed by atoms with E-state index in [1.165, 1.54) is 0 Å². The number of hydrogen-bond donors (Lipinski definition) is 0. The highest BCUT2D eigenvalue weighted by Crippen LogP contribution is 2.23. The van der Waals surface area contributed by atoms with Crippen LogP contribution in [0.2, 0.25) is 0 Å². The van der Waals surface area contributed by atoms with Crippen LogP contribution in [0, 0.1) is 0 Å². The molecule has 0 saturated carbocycles. The first-order valence-corrected chi connectivity index (χ1v) is 10.0. The smallest absolute Gasteiger partial charge is 0.410 e. The van der Waals surface area contributed by atoms with Crippen LogP contribution >= 0.6 is 0 Å². The molecule has 1 fully saturated rings. The van der Waals surface area contributed by atoms with Crippen LogP contribution in [0.25, 0.3) is 0 Å². The lowest BCUT2D eigenvalue weighted by Crippen LogP contribution is -2.42. The first-order chi connectivity index (χ1) is 12.0. The van der Waals surface area contributed by atoms with E-state index in [2.05, 4.69) is 9.50 Å². The molecule has 1 aliphatic rings. The van der Waals surface area contributed by atoms with Gasteiger partial charge in [-0.3, -0.25) is 4.68 Å². The number of likely N-dealkylation sites (tertiary alicyclic amines) is 1. The molecular weight excluding hydrogens is 352 g/mol. The lowest BCUT2D eigenvalue weighted by Gasteiger charge is -2.33. The van der Waals surface area contributed by atoms with Gasteiger partial charge in [-0.05, 0) is 54.4 Å². The van der Waals surface area contributed by atoms with Crippen molar-refractivity contribution in [2.45, 2.75) is 70.8 Å². The van der Waals surface area contributed by atoms with Gasteiger partial charge in [0, 0.05) is 31.1 Å². The number of rotatable bonds is 3. The van der Waals surface area contributed by atoms with E-state index in [1.54, 1.807) is 17.3 Å². The van der Waals surface area contributed by atoms with Gasteiger partial charge in [0.05, 0.1) is 17.0 Å². The summed E-state index contributed by atoms with van der Waals surface area (Å²) in [5, 5.41) is 4.40. The number of carbonyl (C=O) groups is 1. The average Bonchev–Trinajstić information content (AvgIpc) is 2.99. The van der Waals surface area contributed by atoms with Gasteiger partial charge in [0.15, 0.2) is 0 Å². The van der Waals surface area contributed by atoms with Crippen molar-refractivity contribution in [2.24, 2.45) is 4.40 Å². The van der Waals surface area contributed by atoms with Crippen LogP contribution in [-0.4, -0.2) is 54.6 Å². The van der Waals surface area contributed by atoms with E-state index in [-0.39, 0.29) is 16.9 Å². The Balaban J connectivity index is 1.91. The van der Waals surface area contributed by atoms with Crippen molar-refractivity contribution in [2.75, 3.05) is 13.1 Å². The maximum absolute atomic E-state index is 12.1. The molecule has 1 atom stereocenters. The molecule has 26 heavy (non-hydrogen) atoms.